The third kappa shape index (κ3) is 3.59. The summed E-state index contributed by atoms with van der Waals surface area (Å²) in [6, 6.07) is 7.37. The predicted molar refractivity (Wildman–Crippen MR) is 122 cm³/mol. The molecule has 1 fully saturated rings. The van der Waals surface area contributed by atoms with Crippen LogP contribution in [0, 0.1) is 0 Å². The van der Waals surface area contributed by atoms with Crippen LogP contribution in [0.4, 0.5) is 17.5 Å². The van der Waals surface area contributed by atoms with Crippen molar-refractivity contribution in [2.45, 2.75) is 25.8 Å². The molecule has 11 heteroatoms. The summed E-state index contributed by atoms with van der Waals surface area (Å²) >= 11 is 0. The summed E-state index contributed by atoms with van der Waals surface area (Å²) in [5.41, 5.74) is 1.62. The number of amides is 1. The van der Waals surface area contributed by atoms with Gasteiger partial charge in [-0.3, -0.25) is 4.79 Å². The van der Waals surface area contributed by atoms with Crippen molar-refractivity contribution >= 4 is 23.4 Å². The molecule has 3 aromatic rings. The lowest BCUT2D eigenvalue weighted by Gasteiger charge is -2.27. The van der Waals surface area contributed by atoms with Gasteiger partial charge in [0.05, 0.1) is 7.11 Å². The first-order valence-corrected chi connectivity index (χ1v) is 10.9. The molecule has 2 aromatic heterocycles. The SMILES string of the molecule is CCNc1nc(OC)c2c(n1)N1CCCC1CN(c1cccc(-c3nn(C)c(=O)o3)c1)C2=O. The second kappa shape index (κ2) is 8.23. The molecule has 1 amide bonds. The molecule has 11 nitrogen and oxygen atoms in total. The summed E-state index contributed by atoms with van der Waals surface area (Å²) in [5.74, 6) is 0.692. The standard InChI is InChI=1S/C22H25N7O4/c1-4-23-21-24-17-16(19(25-21)32-3)20(30)29(12-15-9-6-10-28(15)17)14-8-5-7-13(11-14)18-26-27(2)22(31)33-18/h5,7-8,11,15H,4,6,9-10,12H2,1-3H3,(H,23,24,25). The molecule has 33 heavy (non-hydrogen) atoms. The number of nitrogens with one attached hydrogen (secondary N) is 1. The zero-order chi connectivity index (χ0) is 23.1. The highest BCUT2D eigenvalue weighted by Gasteiger charge is 2.40. The number of carbonyl (C=O) groups excluding carboxylic acids is 1. The van der Waals surface area contributed by atoms with Crippen molar-refractivity contribution in [3.05, 3.63) is 40.4 Å². The lowest BCUT2D eigenvalue weighted by molar-refractivity contribution is 0.0985. The van der Waals surface area contributed by atoms with Gasteiger partial charge >= 0.3 is 5.76 Å². The molecule has 0 radical (unpaired) electrons. The number of rotatable bonds is 5. The van der Waals surface area contributed by atoms with Gasteiger partial charge in [-0.15, -0.1) is 5.10 Å². The first-order chi connectivity index (χ1) is 16.0. The van der Waals surface area contributed by atoms with E-state index in [2.05, 4.69) is 25.3 Å². The number of anilines is 3. The summed E-state index contributed by atoms with van der Waals surface area (Å²) in [5, 5.41) is 7.25. The number of methoxy groups -OCH3 is 1. The van der Waals surface area contributed by atoms with E-state index in [1.165, 1.54) is 14.2 Å². The molecule has 4 heterocycles. The Balaban J connectivity index is 1.62. The normalized spacial score (nSPS) is 17.5. The van der Waals surface area contributed by atoms with Crippen LogP contribution in [0.3, 0.4) is 0 Å². The fraction of sp³-hybridized carbons (Fsp3) is 0.409. The van der Waals surface area contributed by atoms with Crippen LogP contribution in [-0.2, 0) is 7.05 Å². The summed E-state index contributed by atoms with van der Waals surface area (Å²) in [4.78, 5) is 38.6. The molecule has 2 aliphatic rings. The Labute approximate surface area is 190 Å². The van der Waals surface area contributed by atoms with Gasteiger partial charge in [-0.2, -0.15) is 14.6 Å². The molecule has 0 bridgehead atoms. The number of ether oxygens (including phenoxy) is 1. The number of aromatic nitrogens is 4. The second-order valence-electron chi connectivity index (χ2n) is 8.04. The molecule has 5 rings (SSSR count). The largest absolute Gasteiger partial charge is 0.480 e. The van der Waals surface area contributed by atoms with E-state index in [4.69, 9.17) is 9.15 Å². The van der Waals surface area contributed by atoms with Crippen LogP contribution in [0.15, 0.2) is 33.5 Å². The molecule has 1 N–H and O–H groups in total. The Morgan fingerprint density at radius 1 is 1.27 bits per heavy atom. The minimum Gasteiger partial charge on any atom is -0.480 e. The quantitative estimate of drug-likeness (QED) is 0.620. The van der Waals surface area contributed by atoms with E-state index in [1.54, 1.807) is 17.0 Å². The average molecular weight is 451 g/mol. The number of benzene rings is 1. The Bertz CT molecular complexity index is 1270. The van der Waals surface area contributed by atoms with Gasteiger partial charge in [-0.25, -0.2) is 4.79 Å². The van der Waals surface area contributed by atoms with E-state index in [0.717, 1.165) is 24.1 Å². The third-order valence-corrected chi connectivity index (χ3v) is 5.98. The van der Waals surface area contributed by atoms with Gasteiger partial charge in [0.25, 0.3) is 5.91 Å². The molecule has 1 saturated heterocycles. The van der Waals surface area contributed by atoms with Crippen molar-refractivity contribution in [3.63, 3.8) is 0 Å². The van der Waals surface area contributed by atoms with Gasteiger partial charge in [-0.05, 0) is 38.0 Å². The fourth-order valence-electron chi connectivity index (χ4n) is 4.43. The van der Waals surface area contributed by atoms with Crippen LogP contribution in [0.2, 0.25) is 0 Å². The number of fused-ring (bicyclic) bond motifs is 3. The van der Waals surface area contributed by atoms with Crippen LogP contribution in [0.1, 0.15) is 30.1 Å². The van der Waals surface area contributed by atoms with Gasteiger partial charge in [-0.1, -0.05) is 6.07 Å². The van der Waals surface area contributed by atoms with Gasteiger partial charge in [0.2, 0.25) is 17.7 Å². The van der Waals surface area contributed by atoms with Crippen LogP contribution >= 0.6 is 0 Å². The maximum atomic E-state index is 13.8. The number of carbonyl (C=O) groups is 1. The van der Waals surface area contributed by atoms with Crippen LogP contribution < -0.4 is 25.6 Å². The minimum absolute atomic E-state index is 0.112. The lowest BCUT2D eigenvalue weighted by Crippen LogP contribution is -2.39. The first kappa shape index (κ1) is 21.0. The van der Waals surface area contributed by atoms with Crippen molar-refractivity contribution in [2.75, 3.05) is 41.9 Å². The third-order valence-electron chi connectivity index (χ3n) is 5.98. The summed E-state index contributed by atoms with van der Waals surface area (Å²) < 4.78 is 11.9. The Kier molecular flexibility index (Phi) is 5.23. The zero-order valence-electron chi connectivity index (χ0n) is 18.7. The van der Waals surface area contributed by atoms with Gasteiger partial charge < -0.3 is 24.3 Å². The van der Waals surface area contributed by atoms with Crippen molar-refractivity contribution in [2.24, 2.45) is 7.05 Å². The van der Waals surface area contributed by atoms with E-state index in [9.17, 15) is 9.59 Å². The van der Waals surface area contributed by atoms with Gasteiger partial charge in [0.15, 0.2) is 5.82 Å². The van der Waals surface area contributed by atoms with Crippen molar-refractivity contribution in [1.29, 1.82) is 0 Å². The molecule has 172 valence electrons. The number of aryl methyl sites for hydroxylation is 1. The van der Waals surface area contributed by atoms with E-state index in [1.807, 2.05) is 19.1 Å². The number of hydrogen-bond acceptors (Lipinski definition) is 9. The molecule has 1 aromatic carbocycles. The average Bonchev–Trinajstić information content (AvgIpc) is 3.40. The smallest absolute Gasteiger partial charge is 0.437 e. The van der Waals surface area contributed by atoms with Crippen LogP contribution in [0.25, 0.3) is 11.5 Å². The highest BCUT2D eigenvalue weighted by molar-refractivity contribution is 6.12. The number of nitrogens with zero attached hydrogens (tertiary/aromatic N) is 6. The molecule has 1 atom stereocenters. The maximum Gasteiger partial charge on any atom is 0.437 e. The topological polar surface area (TPSA) is 119 Å². The van der Waals surface area contributed by atoms with Crippen LogP contribution in [-0.4, -0.2) is 58.4 Å². The minimum atomic E-state index is -0.546. The van der Waals surface area contributed by atoms with Crippen molar-refractivity contribution in [3.8, 4) is 17.3 Å². The molecule has 0 aliphatic carbocycles. The van der Waals surface area contributed by atoms with Crippen molar-refractivity contribution in [1.82, 2.24) is 19.7 Å². The van der Waals surface area contributed by atoms with E-state index in [0.29, 0.717) is 41.7 Å². The highest BCUT2D eigenvalue weighted by atomic mass is 16.5. The van der Waals surface area contributed by atoms with Crippen molar-refractivity contribution < 1.29 is 13.9 Å². The molecule has 2 aliphatic heterocycles. The zero-order valence-corrected chi connectivity index (χ0v) is 18.7. The summed E-state index contributed by atoms with van der Waals surface area (Å²) in [6.45, 7) is 3.92. The number of hydrogen-bond donors (Lipinski definition) is 1. The summed E-state index contributed by atoms with van der Waals surface area (Å²) in [7, 11) is 3.03. The second-order valence-corrected chi connectivity index (χ2v) is 8.04. The Hall–Kier alpha value is -3.89. The first-order valence-electron chi connectivity index (χ1n) is 10.9. The summed E-state index contributed by atoms with van der Waals surface area (Å²) in [6.07, 6.45) is 1.95. The van der Waals surface area contributed by atoms with E-state index in [-0.39, 0.29) is 23.7 Å². The maximum absolute atomic E-state index is 13.8. The highest BCUT2D eigenvalue weighted by Crippen LogP contribution is 2.38. The van der Waals surface area contributed by atoms with Crippen LogP contribution in [0.5, 0.6) is 5.88 Å². The van der Waals surface area contributed by atoms with Gasteiger partial charge in [0, 0.05) is 44.0 Å². The van der Waals surface area contributed by atoms with E-state index < -0.39 is 5.76 Å². The molecule has 0 saturated carbocycles. The van der Waals surface area contributed by atoms with Gasteiger partial charge in [0.1, 0.15) is 5.56 Å². The molecule has 0 spiro atoms. The fourth-order valence-corrected chi connectivity index (χ4v) is 4.43. The Morgan fingerprint density at radius 2 is 2.12 bits per heavy atom. The molecule has 1 unspecified atom stereocenters. The molecular formula is C22H25N7O4. The molecular weight excluding hydrogens is 426 g/mol. The predicted octanol–water partition coefficient (Wildman–Crippen LogP) is 1.90. The Morgan fingerprint density at radius 3 is 2.85 bits per heavy atom. The monoisotopic (exact) mass is 451 g/mol. The van der Waals surface area contributed by atoms with E-state index >= 15 is 0 Å². The lowest BCUT2D eigenvalue weighted by atomic mass is 10.1.